The van der Waals surface area contributed by atoms with Crippen molar-refractivity contribution in [3.05, 3.63) is 28.3 Å². The van der Waals surface area contributed by atoms with Gasteiger partial charge in [-0.15, -0.1) is 0 Å². The maximum atomic E-state index is 12.7. The molecule has 0 aliphatic heterocycles. The molecule has 8 heteroatoms. The Morgan fingerprint density at radius 3 is 2.61 bits per heavy atom. The molecule has 3 rings (SSSR count). The molecular formula is C20H28N4O4. The van der Waals surface area contributed by atoms with Crippen LogP contribution in [0, 0.1) is 5.92 Å². The van der Waals surface area contributed by atoms with Crippen molar-refractivity contribution in [1.29, 1.82) is 0 Å². The first-order chi connectivity index (χ1) is 13.5. The number of benzene rings is 1. The normalized spacial score (nSPS) is 19.0. The molecule has 2 atom stereocenters. The molecule has 2 aromatic rings. The second-order valence-electron chi connectivity index (χ2n) is 7.20. The van der Waals surface area contributed by atoms with Crippen LogP contribution in [0.1, 0.15) is 38.4 Å². The fourth-order valence-electron chi connectivity index (χ4n) is 3.82. The number of methoxy groups -OCH3 is 2. The number of hydrogen-bond acceptors (Lipinski definition) is 6. The molecule has 8 nitrogen and oxygen atoms in total. The van der Waals surface area contributed by atoms with Crippen LogP contribution in [0.5, 0.6) is 11.5 Å². The number of fused-ring (bicyclic) bond motifs is 1. The highest BCUT2D eigenvalue weighted by atomic mass is 16.5. The number of nitrogens with zero attached hydrogens (tertiary/aromatic N) is 2. The summed E-state index contributed by atoms with van der Waals surface area (Å²) in [6, 6.07) is 3.38. The van der Waals surface area contributed by atoms with Crippen molar-refractivity contribution in [1.82, 2.24) is 14.9 Å². The van der Waals surface area contributed by atoms with Gasteiger partial charge < -0.3 is 25.1 Å². The number of nitrogens with one attached hydrogen (secondary N) is 1. The van der Waals surface area contributed by atoms with Crippen LogP contribution in [0.4, 0.5) is 0 Å². The van der Waals surface area contributed by atoms with Gasteiger partial charge in [-0.2, -0.15) is 0 Å². The number of hydrogen-bond donors (Lipinski definition) is 2. The minimum Gasteiger partial charge on any atom is -0.493 e. The van der Waals surface area contributed by atoms with Crippen LogP contribution < -0.4 is 20.8 Å². The Balaban J connectivity index is 1.83. The van der Waals surface area contributed by atoms with Gasteiger partial charge in [0, 0.05) is 25.1 Å². The van der Waals surface area contributed by atoms with Crippen molar-refractivity contribution in [2.24, 2.45) is 11.7 Å². The molecule has 152 valence electrons. The SMILES string of the molecule is CCN(Cc1nc2cc(OC)c(OC)cc2c(=O)[nH]1)C(=O)C[C@@H]1CCC[C@H]1N. The van der Waals surface area contributed by atoms with Crippen molar-refractivity contribution >= 4 is 16.8 Å². The van der Waals surface area contributed by atoms with Gasteiger partial charge in [-0.05, 0) is 31.7 Å². The zero-order chi connectivity index (χ0) is 20.3. The molecule has 1 heterocycles. The number of carbonyl (C=O) groups excluding carboxylic acids is 1. The zero-order valence-electron chi connectivity index (χ0n) is 16.7. The number of H-pyrrole nitrogens is 1. The summed E-state index contributed by atoms with van der Waals surface area (Å²) in [6.45, 7) is 2.70. The lowest BCUT2D eigenvalue weighted by Crippen LogP contribution is -2.35. The number of carbonyl (C=O) groups is 1. The third-order valence-electron chi connectivity index (χ3n) is 5.49. The Labute approximate surface area is 164 Å². The molecule has 1 fully saturated rings. The van der Waals surface area contributed by atoms with Crippen molar-refractivity contribution in [2.45, 2.75) is 45.2 Å². The number of rotatable bonds is 7. The van der Waals surface area contributed by atoms with Gasteiger partial charge in [-0.25, -0.2) is 4.98 Å². The standard InChI is InChI=1S/C20H28N4O4/c1-4-24(19(25)8-12-6-5-7-14(12)21)11-18-22-15-10-17(28-3)16(27-2)9-13(15)20(26)23-18/h9-10,12,14H,4-8,11,21H2,1-3H3,(H,22,23,26)/t12-,14+/m0/s1. The maximum absolute atomic E-state index is 12.7. The van der Waals surface area contributed by atoms with Gasteiger partial charge in [0.2, 0.25) is 5.91 Å². The zero-order valence-corrected chi connectivity index (χ0v) is 16.7. The van der Waals surface area contributed by atoms with E-state index in [9.17, 15) is 9.59 Å². The molecule has 3 N–H and O–H groups in total. The van der Waals surface area contributed by atoms with E-state index in [0.29, 0.717) is 41.2 Å². The van der Waals surface area contributed by atoms with E-state index in [1.807, 2.05) is 6.92 Å². The van der Waals surface area contributed by atoms with Crippen molar-refractivity contribution < 1.29 is 14.3 Å². The van der Waals surface area contributed by atoms with E-state index >= 15 is 0 Å². The third-order valence-corrected chi connectivity index (χ3v) is 5.49. The summed E-state index contributed by atoms with van der Waals surface area (Å²) in [5, 5.41) is 0.410. The number of amides is 1. The predicted molar refractivity (Wildman–Crippen MR) is 106 cm³/mol. The summed E-state index contributed by atoms with van der Waals surface area (Å²) in [7, 11) is 3.05. The van der Waals surface area contributed by atoms with Crippen LogP contribution in [-0.2, 0) is 11.3 Å². The largest absolute Gasteiger partial charge is 0.493 e. The van der Waals surface area contributed by atoms with E-state index in [2.05, 4.69) is 9.97 Å². The maximum Gasteiger partial charge on any atom is 0.258 e. The van der Waals surface area contributed by atoms with Crippen molar-refractivity contribution in [3.8, 4) is 11.5 Å². The first kappa shape index (κ1) is 20.1. The summed E-state index contributed by atoms with van der Waals surface area (Å²) in [6.07, 6.45) is 3.50. The lowest BCUT2D eigenvalue weighted by Gasteiger charge is -2.23. The molecule has 0 spiro atoms. The summed E-state index contributed by atoms with van der Waals surface area (Å²) >= 11 is 0. The smallest absolute Gasteiger partial charge is 0.258 e. The van der Waals surface area contributed by atoms with Gasteiger partial charge in [0.05, 0.1) is 31.7 Å². The third kappa shape index (κ3) is 4.11. The fourth-order valence-corrected chi connectivity index (χ4v) is 3.82. The van der Waals surface area contributed by atoms with Gasteiger partial charge >= 0.3 is 0 Å². The lowest BCUT2D eigenvalue weighted by molar-refractivity contribution is -0.132. The first-order valence-electron chi connectivity index (χ1n) is 9.65. The minimum absolute atomic E-state index is 0.0416. The molecule has 28 heavy (non-hydrogen) atoms. The molecule has 0 saturated heterocycles. The Kier molecular flexibility index (Phi) is 6.18. The monoisotopic (exact) mass is 388 g/mol. The Morgan fingerprint density at radius 1 is 1.29 bits per heavy atom. The Hall–Kier alpha value is -2.61. The van der Waals surface area contributed by atoms with E-state index in [0.717, 1.165) is 19.3 Å². The molecule has 1 amide bonds. The molecule has 1 aliphatic carbocycles. The average Bonchev–Trinajstić information content (AvgIpc) is 3.09. The highest BCUT2D eigenvalue weighted by Crippen LogP contribution is 2.30. The van der Waals surface area contributed by atoms with E-state index in [-0.39, 0.29) is 30.0 Å². The molecule has 0 bridgehead atoms. The van der Waals surface area contributed by atoms with Crippen molar-refractivity contribution in [2.75, 3.05) is 20.8 Å². The Morgan fingerprint density at radius 2 is 2.00 bits per heavy atom. The topological polar surface area (TPSA) is 111 Å². The Bertz CT molecular complexity index is 911. The quantitative estimate of drug-likeness (QED) is 0.748. The van der Waals surface area contributed by atoms with Crippen LogP contribution in [0.3, 0.4) is 0 Å². The number of nitrogens with two attached hydrogens (primary N) is 1. The van der Waals surface area contributed by atoms with Gasteiger partial charge in [-0.1, -0.05) is 6.42 Å². The molecule has 0 radical (unpaired) electrons. The summed E-state index contributed by atoms with van der Waals surface area (Å²) in [5.41, 5.74) is 6.32. The van der Waals surface area contributed by atoms with E-state index < -0.39 is 0 Å². The molecule has 1 aromatic carbocycles. The van der Waals surface area contributed by atoms with E-state index in [1.54, 1.807) is 17.0 Å². The van der Waals surface area contributed by atoms with Crippen LogP contribution >= 0.6 is 0 Å². The number of aromatic nitrogens is 2. The minimum atomic E-state index is -0.276. The van der Waals surface area contributed by atoms with Gasteiger partial charge in [0.1, 0.15) is 5.82 Å². The first-order valence-corrected chi connectivity index (χ1v) is 9.65. The van der Waals surface area contributed by atoms with Crippen LogP contribution in [0.15, 0.2) is 16.9 Å². The number of ether oxygens (including phenoxy) is 2. The highest BCUT2D eigenvalue weighted by molar-refractivity contribution is 5.82. The van der Waals surface area contributed by atoms with E-state index in [4.69, 9.17) is 15.2 Å². The second-order valence-corrected chi connectivity index (χ2v) is 7.20. The van der Waals surface area contributed by atoms with Gasteiger partial charge in [0.25, 0.3) is 5.56 Å². The lowest BCUT2D eigenvalue weighted by atomic mass is 9.99. The molecule has 1 saturated carbocycles. The predicted octanol–water partition coefficient (Wildman–Crippen LogP) is 1.81. The van der Waals surface area contributed by atoms with Gasteiger partial charge in [-0.3, -0.25) is 9.59 Å². The average molecular weight is 388 g/mol. The summed E-state index contributed by atoms with van der Waals surface area (Å²) in [5.74, 6) is 1.68. The number of aromatic amines is 1. The molecule has 0 unspecified atom stereocenters. The van der Waals surface area contributed by atoms with Gasteiger partial charge in [0.15, 0.2) is 11.5 Å². The van der Waals surface area contributed by atoms with Crippen molar-refractivity contribution in [3.63, 3.8) is 0 Å². The van der Waals surface area contributed by atoms with Crippen LogP contribution in [0.25, 0.3) is 10.9 Å². The molecule has 1 aliphatic rings. The molecular weight excluding hydrogens is 360 g/mol. The summed E-state index contributed by atoms with van der Waals surface area (Å²) in [4.78, 5) is 34.3. The van der Waals surface area contributed by atoms with Crippen LogP contribution in [-0.4, -0.2) is 47.6 Å². The second kappa shape index (κ2) is 8.60. The molecule has 1 aromatic heterocycles. The summed E-state index contributed by atoms with van der Waals surface area (Å²) < 4.78 is 10.5. The highest BCUT2D eigenvalue weighted by Gasteiger charge is 2.28. The van der Waals surface area contributed by atoms with E-state index in [1.165, 1.54) is 14.2 Å². The van der Waals surface area contributed by atoms with Crippen LogP contribution in [0.2, 0.25) is 0 Å². The fraction of sp³-hybridized carbons (Fsp3) is 0.550.